The zero-order valence-electron chi connectivity index (χ0n) is 12.2. The van der Waals surface area contributed by atoms with Gasteiger partial charge in [-0.25, -0.2) is 9.97 Å². The largest absolute Gasteiger partial charge is 0.480 e. The number of aliphatic carboxylic acids is 1. The van der Waals surface area contributed by atoms with E-state index in [2.05, 4.69) is 15.3 Å². The zero-order chi connectivity index (χ0) is 15.9. The van der Waals surface area contributed by atoms with Gasteiger partial charge in [-0.05, 0) is 0 Å². The van der Waals surface area contributed by atoms with Gasteiger partial charge in [0.15, 0.2) is 0 Å². The van der Waals surface area contributed by atoms with Crippen molar-refractivity contribution < 1.29 is 20.1 Å². The van der Waals surface area contributed by atoms with Crippen molar-refractivity contribution in [2.75, 3.05) is 56.1 Å². The lowest BCUT2D eigenvalue weighted by atomic mass is 10.3. The number of β-amino-alcohol motifs (C(OH)–C–C–N with tert-alkyl or cyclic N) is 1. The van der Waals surface area contributed by atoms with Crippen LogP contribution >= 0.6 is 0 Å². The van der Waals surface area contributed by atoms with Crippen molar-refractivity contribution in [3.63, 3.8) is 0 Å². The van der Waals surface area contributed by atoms with E-state index in [-0.39, 0.29) is 13.2 Å². The van der Waals surface area contributed by atoms with Gasteiger partial charge in [0.2, 0.25) is 0 Å². The van der Waals surface area contributed by atoms with Crippen molar-refractivity contribution in [2.24, 2.45) is 0 Å². The molecular weight excluding hydrogens is 290 g/mol. The molecule has 2 rings (SSSR count). The van der Waals surface area contributed by atoms with Crippen LogP contribution in [0.1, 0.15) is 0 Å². The first-order valence-electron chi connectivity index (χ1n) is 7.12. The van der Waals surface area contributed by atoms with E-state index in [1.54, 1.807) is 11.0 Å². The second-order valence-electron chi connectivity index (χ2n) is 5.14. The number of aliphatic hydroxyl groups excluding tert-OH is 2. The highest BCUT2D eigenvalue weighted by molar-refractivity contribution is 5.69. The number of nitrogens with one attached hydrogen (secondary N) is 1. The Morgan fingerprint density at radius 2 is 2.18 bits per heavy atom. The van der Waals surface area contributed by atoms with E-state index in [0.717, 1.165) is 0 Å². The number of hydrogen-bond acceptors (Lipinski definition) is 8. The molecule has 22 heavy (non-hydrogen) atoms. The first-order chi connectivity index (χ1) is 10.6. The van der Waals surface area contributed by atoms with Gasteiger partial charge in [-0.3, -0.25) is 9.69 Å². The Hall–Kier alpha value is -1.97. The quantitative estimate of drug-likeness (QED) is 0.494. The molecule has 0 bridgehead atoms. The van der Waals surface area contributed by atoms with Crippen LogP contribution in [0.4, 0.5) is 11.6 Å². The van der Waals surface area contributed by atoms with Crippen molar-refractivity contribution in [1.29, 1.82) is 0 Å². The molecule has 1 fully saturated rings. The number of anilines is 2. The summed E-state index contributed by atoms with van der Waals surface area (Å²) < 4.78 is 0. The molecule has 0 amide bonds. The molecule has 1 saturated heterocycles. The van der Waals surface area contributed by atoms with E-state index in [1.807, 2.05) is 4.90 Å². The van der Waals surface area contributed by atoms with E-state index in [1.165, 1.54) is 6.33 Å². The van der Waals surface area contributed by atoms with Crippen LogP contribution in [0, 0.1) is 0 Å². The smallest absolute Gasteiger partial charge is 0.317 e. The van der Waals surface area contributed by atoms with Crippen LogP contribution < -0.4 is 10.2 Å². The topological polar surface area (TPSA) is 122 Å². The van der Waals surface area contributed by atoms with Gasteiger partial charge in [0.05, 0.1) is 19.3 Å². The van der Waals surface area contributed by atoms with Crippen LogP contribution in [0.15, 0.2) is 12.4 Å². The van der Waals surface area contributed by atoms with Crippen molar-refractivity contribution in [1.82, 2.24) is 14.9 Å². The molecule has 0 aromatic carbocycles. The van der Waals surface area contributed by atoms with Crippen LogP contribution in [0.2, 0.25) is 0 Å². The maximum atomic E-state index is 10.8. The number of carboxylic acid groups (broad SMARTS) is 1. The Labute approximate surface area is 128 Å². The summed E-state index contributed by atoms with van der Waals surface area (Å²) in [6, 6.07) is 1.75. The molecule has 9 heteroatoms. The minimum Gasteiger partial charge on any atom is -0.480 e. The number of aromatic nitrogens is 2. The summed E-state index contributed by atoms with van der Waals surface area (Å²) in [6.45, 7) is 2.12. The third-order valence-electron chi connectivity index (χ3n) is 3.34. The Morgan fingerprint density at radius 1 is 1.36 bits per heavy atom. The van der Waals surface area contributed by atoms with Gasteiger partial charge >= 0.3 is 5.97 Å². The monoisotopic (exact) mass is 311 g/mol. The molecule has 1 aliphatic rings. The maximum Gasteiger partial charge on any atom is 0.317 e. The maximum absolute atomic E-state index is 10.8. The number of nitrogens with zero attached hydrogens (tertiary/aromatic N) is 4. The van der Waals surface area contributed by atoms with Gasteiger partial charge in [-0.2, -0.15) is 0 Å². The normalized spacial score (nSPS) is 19.7. The summed E-state index contributed by atoms with van der Waals surface area (Å²) in [7, 11) is 0. The average molecular weight is 311 g/mol. The standard InChI is InChI=1S/C13H21N5O4/c19-4-1-14-11-5-12(16-9-15-11)18-3-2-17(8-13(21)22)6-10(20)7-18/h5,9-10,19-20H,1-4,6-8H2,(H,21,22)(H,14,15,16)/t10-/m1/s1. The molecule has 4 N–H and O–H groups in total. The first-order valence-corrected chi connectivity index (χ1v) is 7.12. The summed E-state index contributed by atoms with van der Waals surface area (Å²) in [5.41, 5.74) is 0. The predicted molar refractivity (Wildman–Crippen MR) is 79.9 cm³/mol. The van der Waals surface area contributed by atoms with Crippen LogP contribution in [-0.2, 0) is 4.79 Å². The number of rotatable bonds is 6. The minimum absolute atomic E-state index is 0.00587. The van der Waals surface area contributed by atoms with E-state index in [4.69, 9.17) is 10.2 Å². The van der Waals surface area contributed by atoms with Crippen LogP contribution in [-0.4, -0.2) is 88.1 Å². The molecule has 0 radical (unpaired) electrons. The number of aliphatic hydroxyl groups is 2. The lowest BCUT2D eigenvalue weighted by Crippen LogP contribution is -2.36. The van der Waals surface area contributed by atoms with Gasteiger partial charge in [-0.15, -0.1) is 0 Å². The molecule has 2 heterocycles. The highest BCUT2D eigenvalue weighted by Gasteiger charge is 2.23. The number of carboxylic acids is 1. The molecule has 0 unspecified atom stereocenters. The third kappa shape index (κ3) is 4.79. The van der Waals surface area contributed by atoms with Gasteiger partial charge in [0, 0.05) is 38.8 Å². The third-order valence-corrected chi connectivity index (χ3v) is 3.34. The predicted octanol–water partition coefficient (Wildman–Crippen LogP) is -1.55. The molecule has 0 saturated carbocycles. The van der Waals surface area contributed by atoms with Crippen molar-refractivity contribution in [3.05, 3.63) is 12.4 Å². The molecule has 1 aromatic heterocycles. The van der Waals surface area contributed by atoms with Crippen molar-refractivity contribution in [3.8, 4) is 0 Å². The zero-order valence-corrected chi connectivity index (χ0v) is 12.2. The Bertz CT molecular complexity index is 501. The van der Waals surface area contributed by atoms with Crippen LogP contribution in [0.25, 0.3) is 0 Å². The molecule has 0 spiro atoms. The second kappa shape index (κ2) is 7.87. The van der Waals surface area contributed by atoms with Gasteiger partial charge in [0.1, 0.15) is 18.0 Å². The van der Waals surface area contributed by atoms with E-state index < -0.39 is 12.1 Å². The Morgan fingerprint density at radius 3 is 2.91 bits per heavy atom. The molecular formula is C13H21N5O4. The van der Waals surface area contributed by atoms with Crippen molar-refractivity contribution in [2.45, 2.75) is 6.10 Å². The molecule has 9 nitrogen and oxygen atoms in total. The summed E-state index contributed by atoms with van der Waals surface area (Å²) in [6.07, 6.45) is 0.770. The van der Waals surface area contributed by atoms with Crippen molar-refractivity contribution >= 4 is 17.6 Å². The van der Waals surface area contributed by atoms with Gasteiger partial charge in [-0.1, -0.05) is 0 Å². The highest BCUT2D eigenvalue weighted by atomic mass is 16.4. The van der Waals surface area contributed by atoms with Gasteiger partial charge < -0.3 is 25.5 Å². The van der Waals surface area contributed by atoms with Gasteiger partial charge in [0.25, 0.3) is 0 Å². The summed E-state index contributed by atoms with van der Waals surface area (Å²) in [5, 5.41) is 30.7. The van der Waals surface area contributed by atoms with Crippen LogP contribution in [0.3, 0.4) is 0 Å². The number of carbonyl (C=O) groups is 1. The van der Waals surface area contributed by atoms with E-state index in [0.29, 0.717) is 44.4 Å². The molecule has 0 aliphatic carbocycles. The van der Waals surface area contributed by atoms with E-state index in [9.17, 15) is 9.90 Å². The molecule has 1 atom stereocenters. The molecule has 122 valence electrons. The SMILES string of the molecule is O=C(O)CN1CCN(c2cc(NCCO)ncn2)C[C@H](O)C1. The number of hydrogen-bond donors (Lipinski definition) is 4. The minimum atomic E-state index is -0.904. The average Bonchev–Trinajstić information content (AvgIpc) is 2.66. The lowest BCUT2D eigenvalue weighted by Gasteiger charge is -2.23. The van der Waals surface area contributed by atoms with Crippen LogP contribution in [0.5, 0.6) is 0 Å². The summed E-state index contributed by atoms with van der Waals surface area (Å²) in [4.78, 5) is 22.7. The Kier molecular flexibility index (Phi) is 5.87. The molecule has 1 aromatic rings. The fourth-order valence-corrected chi connectivity index (χ4v) is 2.40. The molecule has 1 aliphatic heterocycles. The summed E-state index contributed by atoms with van der Waals surface area (Å²) >= 11 is 0. The summed E-state index contributed by atoms with van der Waals surface area (Å²) in [5.74, 6) is 0.352. The first kappa shape index (κ1) is 16.4. The highest BCUT2D eigenvalue weighted by Crippen LogP contribution is 2.16. The Balaban J connectivity index is 2.03. The van der Waals surface area contributed by atoms with E-state index >= 15 is 0 Å². The fraction of sp³-hybridized carbons (Fsp3) is 0.615. The fourth-order valence-electron chi connectivity index (χ4n) is 2.40. The second-order valence-corrected chi connectivity index (χ2v) is 5.14. The lowest BCUT2D eigenvalue weighted by molar-refractivity contribution is -0.138.